The first-order valence-electron chi connectivity index (χ1n) is 7.57. The SMILES string of the molecule is COCCN1CCN(CCOCCOCCO[I-]C)CC1. The van der Waals surface area contributed by atoms with Crippen LogP contribution in [0.5, 0.6) is 0 Å². The van der Waals surface area contributed by atoms with Crippen LogP contribution in [0.15, 0.2) is 0 Å². The maximum atomic E-state index is 5.60. The molecule has 0 unspecified atom stereocenters. The number of methoxy groups -OCH3 is 1. The van der Waals surface area contributed by atoms with Gasteiger partial charge in [0, 0.05) is 13.7 Å². The molecule has 128 valence electrons. The second kappa shape index (κ2) is 14.1. The van der Waals surface area contributed by atoms with Crippen LogP contribution < -0.4 is 21.6 Å². The molecule has 7 heteroatoms. The third-order valence-corrected chi connectivity index (χ3v) is 4.48. The van der Waals surface area contributed by atoms with Crippen molar-refractivity contribution >= 4 is 0 Å². The Balaban J connectivity index is 1.84. The van der Waals surface area contributed by atoms with Crippen molar-refractivity contribution in [2.24, 2.45) is 0 Å². The van der Waals surface area contributed by atoms with Crippen molar-refractivity contribution in [3.8, 4) is 0 Å². The van der Waals surface area contributed by atoms with Crippen LogP contribution in [0.2, 0.25) is 0 Å². The van der Waals surface area contributed by atoms with Crippen LogP contribution in [0.25, 0.3) is 0 Å². The number of piperazine rings is 1. The van der Waals surface area contributed by atoms with Crippen LogP contribution >= 0.6 is 0 Å². The molecule has 0 aromatic rings. The molecule has 1 rings (SSSR count). The molecule has 1 heterocycles. The van der Waals surface area contributed by atoms with Gasteiger partial charge in [-0.1, -0.05) is 0 Å². The molecule has 21 heavy (non-hydrogen) atoms. The Morgan fingerprint density at radius 2 is 1.29 bits per heavy atom. The molecule has 0 aromatic carbocycles. The zero-order valence-corrected chi connectivity index (χ0v) is 15.5. The van der Waals surface area contributed by atoms with Crippen molar-refractivity contribution in [2.45, 2.75) is 0 Å². The third kappa shape index (κ3) is 10.8. The third-order valence-electron chi connectivity index (χ3n) is 3.41. The zero-order valence-electron chi connectivity index (χ0n) is 13.4. The Kier molecular flexibility index (Phi) is 13.1. The number of hydrogen-bond donors (Lipinski definition) is 0. The number of ether oxygens (including phenoxy) is 3. The number of halogens is 1. The first-order chi connectivity index (χ1) is 10.4. The van der Waals surface area contributed by atoms with Gasteiger partial charge in [-0.3, -0.25) is 4.90 Å². The molecule has 6 nitrogen and oxygen atoms in total. The molecule has 1 aliphatic heterocycles. The molecule has 0 aromatic heterocycles. The van der Waals surface area contributed by atoms with Gasteiger partial charge in [0.25, 0.3) is 0 Å². The van der Waals surface area contributed by atoms with Crippen molar-refractivity contribution in [3.63, 3.8) is 0 Å². The van der Waals surface area contributed by atoms with Crippen LogP contribution in [-0.2, 0) is 17.3 Å². The van der Waals surface area contributed by atoms with Gasteiger partial charge in [-0.05, 0) is 0 Å². The van der Waals surface area contributed by atoms with E-state index in [0.717, 1.165) is 59.1 Å². The predicted octanol–water partition coefficient (Wildman–Crippen LogP) is -3.07. The van der Waals surface area contributed by atoms with E-state index in [1.807, 2.05) is 0 Å². The second-order valence-electron chi connectivity index (χ2n) is 4.87. The van der Waals surface area contributed by atoms with Crippen molar-refractivity contribution in [2.75, 3.05) is 91.0 Å². The van der Waals surface area contributed by atoms with Gasteiger partial charge in [-0.25, -0.2) is 0 Å². The van der Waals surface area contributed by atoms with Crippen molar-refractivity contribution in [1.82, 2.24) is 9.80 Å². The summed E-state index contributed by atoms with van der Waals surface area (Å²) in [6, 6.07) is 0. The molecule has 0 N–H and O–H groups in total. The predicted molar refractivity (Wildman–Crippen MR) is 78.3 cm³/mol. The Labute approximate surface area is 139 Å². The molecule has 0 bridgehead atoms. The van der Waals surface area contributed by atoms with E-state index in [1.165, 1.54) is 0 Å². The fourth-order valence-corrected chi connectivity index (χ4v) is 2.76. The van der Waals surface area contributed by atoms with Crippen LogP contribution in [-0.4, -0.2) is 101 Å². The maximum absolute atomic E-state index is 5.60. The molecule has 1 fully saturated rings. The summed E-state index contributed by atoms with van der Waals surface area (Å²) in [6.45, 7) is 10.9. The minimum atomic E-state index is -0.0670. The summed E-state index contributed by atoms with van der Waals surface area (Å²) in [5.74, 6) is 0. The first-order valence-corrected chi connectivity index (χ1v) is 10.6. The van der Waals surface area contributed by atoms with Crippen molar-refractivity contribution in [3.05, 3.63) is 0 Å². The Bertz CT molecular complexity index is 229. The van der Waals surface area contributed by atoms with Gasteiger partial charge in [-0.15, -0.1) is 0 Å². The Morgan fingerprint density at radius 1 is 0.762 bits per heavy atom. The summed E-state index contributed by atoms with van der Waals surface area (Å²) in [7, 11) is 1.76. The fourth-order valence-electron chi connectivity index (χ4n) is 2.14. The Morgan fingerprint density at radius 3 is 1.86 bits per heavy atom. The number of rotatable bonds is 13. The zero-order chi connectivity index (χ0) is 15.2. The van der Waals surface area contributed by atoms with Gasteiger partial charge < -0.3 is 4.74 Å². The first kappa shape index (κ1) is 19.5. The molecular formula is C14H30IN2O4-. The quantitative estimate of drug-likeness (QED) is 0.180. The van der Waals surface area contributed by atoms with Crippen molar-refractivity contribution < 1.29 is 38.9 Å². The summed E-state index contributed by atoms with van der Waals surface area (Å²) in [5.41, 5.74) is 0. The number of alkyl halides is 1. The second-order valence-corrected chi connectivity index (χ2v) is 6.37. The van der Waals surface area contributed by atoms with E-state index in [1.54, 1.807) is 7.11 Å². The van der Waals surface area contributed by atoms with E-state index in [4.69, 9.17) is 17.3 Å². The van der Waals surface area contributed by atoms with Gasteiger partial charge in [0.2, 0.25) is 0 Å². The van der Waals surface area contributed by atoms with Gasteiger partial charge in [0.1, 0.15) is 0 Å². The van der Waals surface area contributed by atoms with E-state index in [0.29, 0.717) is 19.8 Å². The normalized spacial score (nSPS) is 17.6. The van der Waals surface area contributed by atoms with Crippen LogP contribution in [0.3, 0.4) is 0 Å². The molecule has 0 spiro atoms. The molecule has 0 saturated carbocycles. The molecule has 1 saturated heterocycles. The van der Waals surface area contributed by atoms with Gasteiger partial charge in [-0.2, -0.15) is 0 Å². The van der Waals surface area contributed by atoms with E-state index in [9.17, 15) is 0 Å². The fraction of sp³-hybridized carbons (Fsp3) is 1.00. The molecule has 0 atom stereocenters. The standard InChI is InChI=1S/C14H30IN2O4/c1-15-21-14-13-20-12-11-19-10-8-17-5-3-16(4-6-17)7-9-18-2/h3-14H2,1-2H3/q-1. The van der Waals surface area contributed by atoms with E-state index < -0.39 is 0 Å². The monoisotopic (exact) mass is 417 g/mol. The minimum absolute atomic E-state index is 0.0670. The van der Waals surface area contributed by atoms with Crippen LogP contribution in [0.4, 0.5) is 0 Å². The van der Waals surface area contributed by atoms with E-state index in [-0.39, 0.29) is 21.6 Å². The number of hydrogen-bond acceptors (Lipinski definition) is 6. The summed E-state index contributed by atoms with van der Waals surface area (Å²) < 4.78 is 21.4. The summed E-state index contributed by atoms with van der Waals surface area (Å²) in [5, 5.41) is 0. The van der Waals surface area contributed by atoms with Crippen LogP contribution in [0, 0.1) is 0 Å². The average Bonchev–Trinajstić information content (AvgIpc) is 2.52. The van der Waals surface area contributed by atoms with E-state index >= 15 is 0 Å². The Hall–Kier alpha value is 0.490. The van der Waals surface area contributed by atoms with Crippen molar-refractivity contribution in [1.29, 1.82) is 0 Å². The topological polar surface area (TPSA) is 43.4 Å². The summed E-state index contributed by atoms with van der Waals surface area (Å²) >= 11 is -0.0670. The molecular weight excluding hydrogens is 387 g/mol. The molecule has 0 aliphatic carbocycles. The molecule has 0 radical (unpaired) electrons. The van der Waals surface area contributed by atoms with Crippen LogP contribution in [0.1, 0.15) is 0 Å². The van der Waals surface area contributed by atoms with Gasteiger partial charge in [0.15, 0.2) is 0 Å². The molecule has 1 aliphatic rings. The summed E-state index contributed by atoms with van der Waals surface area (Å²) in [6.07, 6.45) is 0. The molecule has 0 amide bonds. The summed E-state index contributed by atoms with van der Waals surface area (Å²) in [4.78, 5) is 7.01. The van der Waals surface area contributed by atoms with Gasteiger partial charge in [0.05, 0.1) is 6.61 Å². The van der Waals surface area contributed by atoms with E-state index in [2.05, 4.69) is 14.7 Å². The average molecular weight is 417 g/mol. The van der Waals surface area contributed by atoms with Gasteiger partial charge >= 0.3 is 110 Å². The number of nitrogens with zero attached hydrogens (tertiary/aromatic N) is 2.